The van der Waals surface area contributed by atoms with Gasteiger partial charge in [-0.15, -0.1) is 0 Å². The zero-order valence-corrected chi connectivity index (χ0v) is 18.2. The second-order valence-corrected chi connectivity index (χ2v) is 8.64. The van der Waals surface area contributed by atoms with Crippen LogP contribution in [0.5, 0.6) is 0 Å². The van der Waals surface area contributed by atoms with E-state index in [1.165, 1.54) is 16.6 Å². The van der Waals surface area contributed by atoms with Gasteiger partial charge in [0.05, 0.1) is 25.9 Å². The topological polar surface area (TPSA) is 109 Å². The van der Waals surface area contributed by atoms with Crippen molar-refractivity contribution in [2.75, 3.05) is 26.4 Å². The maximum absolute atomic E-state index is 12.5. The molecule has 0 radical (unpaired) electrons. The van der Waals surface area contributed by atoms with Crippen molar-refractivity contribution in [2.45, 2.75) is 58.8 Å². The SMILES string of the molecule is CCOP(=O)(C=CCCC(OC1CCCOC1)n1cc(C)c(=O)[nH]c1=O)OCC. The van der Waals surface area contributed by atoms with E-state index in [1.807, 2.05) is 0 Å². The van der Waals surface area contributed by atoms with E-state index < -0.39 is 25.1 Å². The van der Waals surface area contributed by atoms with Gasteiger partial charge in [0.2, 0.25) is 0 Å². The Labute approximate surface area is 170 Å². The van der Waals surface area contributed by atoms with Crippen LogP contribution in [-0.2, 0) is 23.1 Å². The fourth-order valence-electron chi connectivity index (χ4n) is 3.04. The lowest BCUT2D eigenvalue weighted by molar-refractivity contribution is -0.113. The summed E-state index contributed by atoms with van der Waals surface area (Å²) in [4.78, 5) is 26.3. The molecule has 1 N–H and O–H groups in total. The third kappa shape index (κ3) is 7.35. The van der Waals surface area contributed by atoms with Crippen LogP contribution in [0, 0.1) is 6.92 Å². The van der Waals surface area contributed by atoms with Crippen molar-refractivity contribution in [3.63, 3.8) is 0 Å². The van der Waals surface area contributed by atoms with Crippen molar-refractivity contribution in [1.82, 2.24) is 9.55 Å². The number of ether oxygens (including phenoxy) is 2. The van der Waals surface area contributed by atoms with Crippen LogP contribution in [-0.4, -0.2) is 42.1 Å². The van der Waals surface area contributed by atoms with Gasteiger partial charge in [-0.1, -0.05) is 6.08 Å². The van der Waals surface area contributed by atoms with Gasteiger partial charge in [0, 0.05) is 24.2 Å². The van der Waals surface area contributed by atoms with Crippen LogP contribution in [0.2, 0.25) is 0 Å². The zero-order valence-electron chi connectivity index (χ0n) is 17.3. The minimum Gasteiger partial charge on any atom is -0.379 e. The molecule has 1 aliphatic rings. The first-order valence-corrected chi connectivity index (χ1v) is 11.6. The van der Waals surface area contributed by atoms with Gasteiger partial charge in [-0.05, 0) is 46.5 Å². The molecule has 1 saturated heterocycles. The minimum absolute atomic E-state index is 0.130. The summed E-state index contributed by atoms with van der Waals surface area (Å²) in [6.45, 7) is 6.86. The van der Waals surface area contributed by atoms with E-state index in [1.54, 1.807) is 26.8 Å². The Hall–Kier alpha value is -1.51. The molecular formula is C19H31N2O7P. The third-order valence-electron chi connectivity index (χ3n) is 4.41. The van der Waals surface area contributed by atoms with E-state index in [0.717, 1.165) is 12.8 Å². The predicted octanol–water partition coefficient (Wildman–Crippen LogP) is 3.10. The predicted molar refractivity (Wildman–Crippen MR) is 109 cm³/mol. The standard InChI is InChI=1S/C19H31N2O7P/c1-4-26-29(24,27-5-2)12-7-6-10-17(28-16-9-8-11-25-14-16)21-13-15(3)18(22)20-19(21)23/h7,12-13,16-17H,4-6,8-11,14H2,1-3H3,(H,20,22,23). The van der Waals surface area contributed by atoms with Crippen molar-refractivity contribution in [3.8, 4) is 0 Å². The summed E-state index contributed by atoms with van der Waals surface area (Å²) >= 11 is 0. The van der Waals surface area contributed by atoms with Gasteiger partial charge in [-0.3, -0.25) is 18.9 Å². The Bertz CT molecular complexity index is 817. The van der Waals surface area contributed by atoms with E-state index >= 15 is 0 Å². The molecule has 0 saturated carbocycles. The number of hydrogen-bond donors (Lipinski definition) is 1. The van der Waals surface area contributed by atoms with Gasteiger partial charge in [-0.25, -0.2) is 4.79 Å². The van der Waals surface area contributed by atoms with Gasteiger partial charge >= 0.3 is 13.3 Å². The van der Waals surface area contributed by atoms with E-state index in [-0.39, 0.29) is 19.3 Å². The number of aryl methyl sites for hydroxylation is 1. The Morgan fingerprint density at radius 3 is 2.69 bits per heavy atom. The monoisotopic (exact) mass is 430 g/mol. The second-order valence-electron chi connectivity index (χ2n) is 6.75. The van der Waals surface area contributed by atoms with Crippen molar-refractivity contribution >= 4 is 7.60 Å². The average molecular weight is 430 g/mol. The van der Waals surface area contributed by atoms with Crippen LogP contribution in [0.15, 0.2) is 27.7 Å². The summed E-state index contributed by atoms with van der Waals surface area (Å²) in [6, 6.07) is 0. The third-order valence-corrected chi connectivity index (χ3v) is 6.22. The highest BCUT2D eigenvalue weighted by Crippen LogP contribution is 2.49. The number of allylic oxidation sites excluding steroid dienone is 1. The summed E-state index contributed by atoms with van der Waals surface area (Å²) < 4.78 is 36.0. The zero-order chi connectivity index (χ0) is 21.3. The van der Waals surface area contributed by atoms with Gasteiger partial charge in [0.15, 0.2) is 0 Å². The first kappa shape index (κ1) is 23.8. The summed E-state index contributed by atoms with van der Waals surface area (Å²) in [5, 5.41) is 0. The first-order chi connectivity index (χ1) is 13.9. The molecule has 0 spiro atoms. The molecular weight excluding hydrogens is 399 g/mol. The average Bonchev–Trinajstić information content (AvgIpc) is 2.68. The fourth-order valence-corrected chi connectivity index (χ4v) is 4.41. The van der Waals surface area contributed by atoms with E-state index in [2.05, 4.69) is 4.98 Å². The summed E-state index contributed by atoms with van der Waals surface area (Å²) in [6.07, 6.45) is 5.15. The van der Waals surface area contributed by atoms with E-state index in [4.69, 9.17) is 18.5 Å². The lowest BCUT2D eigenvalue weighted by Crippen LogP contribution is -2.37. The number of rotatable bonds is 11. The highest BCUT2D eigenvalue weighted by atomic mass is 31.2. The first-order valence-electron chi connectivity index (χ1n) is 10.00. The van der Waals surface area contributed by atoms with Crippen molar-refractivity contribution in [3.05, 3.63) is 44.5 Å². The molecule has 0 aromatic carbocycles. The molecule has 0 bridgehead atoms. The van der Waals surface area contributed by atoms with Crippen LogP contribution >= 0.6 is 7.60 Å². The highest BCUT2D eigenvalue weighted by molar-refractivity contribution is 7.57. The Balaban J connectivity index is 2.14. The number of H-pyrrole nitrogens is 1. The minimum atomic E-state index is -3.27. The lowest BCUT2D eigenvalue weighted by atomic mass is 10.1. The normalized spacial score (nSPS) is 18.9. The Kier molecular flexibility index (Phi) is 9.52. The molecule has 2 heterocycles. The summed E-state index contributed by atoms with van der Waals surface area (Å²) in [7, 11) is -3.27. The maximum Gasteiger partial charge on any atom is 0.353 e. The molecule has 10 heteroatoms. The molecule has 1 fully saturated rings. The molecule has 164 valence electrons. The van der Waals surface area contributed by atoms with Crippen LogP contribution in [0.25, 0.3) is 0 Å². The Morgan fingerprint density at radius 1 is 1.34 bits per heavy atom. The molecule has 0 aliphatic carbocycles. The van der Waals surface area contributed by atoms with Crippen molar-refractivity contribution < 1.29 is 23.1 Å². The number of nitrogens with zero attached hydrogens (tertiary/aromatic N) is 1. The molecule has 1 aromatic rings. The molecule has 1 aromatic heterocycles. The number of aromatic nitrogens is 2. The smallest absolute Gasteiger partial charge is 0.353 e. The van der Waals surface area contributed by atoms with E-state index in [9.17, 15) is 14.2 Å². The van der Waals surface area contributed by atoms with Crippen molar-refractivity contribution in [1.29, 1.82) is 0 Å². The molecule has 2 rings (SSSR count). The summed E-state index contributed by atoms with van der Waals surface area (Å²) in [5.41, 5.74) is -0.522. The van der Waals surface area contributed by atoms with Crippen LogP contribution in [0.3, 0.4) is 0 Å². The van der Waals surface area contributed by atoms with Crippen LogP contribution in [0.4, 0.5) is 0 Å². The highest BCUT2D eigenvalue weighted by Gasteiger charge is 2.23. The number of aromatic amines is 1. The molecule has 2 atom stereocenters. The van der Waals surface area contributed by atoms with E-state index in [0.29, 0.717) is 31.6 Å². The van der Waals surface area contributed by atoms with Crippen LogP contribution < -0.4 is 11.2 Å². The quantitative estimate of drug-likeness (QED) is 0.537. The van der Waals surface area contributed by atoms with Gasteiger partial charge < -0.3 is 18.5 Å². The number of nitrogens with one attached hydrogen (secondary N) is 1. The lowest BCUT2D eigenvalue weighted by Gasteiger charge is -2.28. The molecule has 2 unspecified atom stereocenters. The number of hydrogen-bond acceptors (Lipinski definition) is 7. The second kappa shape index (κ2) is 11.6. The molecule has 0 amide bonds. The van der Waals surface area contributed by atoms with Crippen molar-refractivity contribution in [2.24, 2.45) is 0 Å². The van der Waals surface area contributed by atoms with Gasteiger partial charge in [-0.2, -0.15) is 0 Å². The largest absolute Gasteiger partial charge is 0.379 e. The van der Waals surface area contributed by atoms with Gasteiger partial charge in [0.25, 0.3) is 5.56 Å². The molecule has 1 aliphatic heterocycles. The Morgan fingerprint density at radius 2 is 2.07 bits per heavy atom. The van der Waals surface area contributed by atoms with Crippen LogP contribution in [0.1, 0.15) is 51.3 Å². The molecule has 9 nitrogen and oxygen atoms in total. The molecule has 29 heavy (non-hydrogen) atoms. The fraction of sp³-hybridized carbons (Fsp3) is 0.684. The van der Waals surface area contributed by atoms with Gasteiger partial charge in [0.1, 0.15) is 6.23 Å². The maximum atomic E-state index is 12.5. The summed E-state index contributed by atoms with van der Waals surface area (Å²) in [5.74, 6) is 1.45.